The van der Waals surface area contributed by atoms with Crippen molar-refractivity contribution in [1.29, 1.82) is 0 Å². The van der Waals surface area contributed by atoms with E-state index in [9.17, 15) is 9.59 Å². The molecule has 5 nitrogen and oxygen atoms in total. The van der Waals surface area contributed by atoms with E-state index in [-0.39, 0.29) is 30.1 Å². The van der Waals surface area contributed by atoms with Crippen molar-refractivity contribution >= 4 is 29.9 Å². The SMILES string of the molecule is Cl.O=C(NCCC1CCCNC1)c1cccc(NC(=O)C2CC2)c1. The van der Waals surface area contributed by atoms with Crippen molar-refractivity contribution < 1.29 is 9.59 Å². The van der Waals surface area contributed by atoms with Gasteiger partial charge in [0, 0.05) is 23.7 Å². The van der Waals surface area contributed by atoms with Crippen molar-refractivity contribution in [3.05, 3.63) is 29.8 Å². The van der Waals surface area contributed by atoms with Crippen LogP contribution in [0.5, 0.6) is 0 Å². The Morgan fingerprint density at radius 2 is 2.04 bits per heavy atom. The fourth-order valence-corrected chi connectivity index (χ4v) is 2.99. The first-order valence-electron chi connectivity index (χ1n) is 8.62. The molecule has 132 valence electrons. The van der Waals surface area contributed by atoms with Crippen LogP contribution in [0.4, 0.5) is 5.69 Å². The van der Waals surface area contributed by atoms with Crippen molar-refractivity contribution in [1.82, 2.24) is 10.6 Å². The Balaban J connectivity index is 0.00000208. The highest BCUT2D eigenvalue weighted by atomic mass is 35.5. The molecule has 1 unspecified atom stereocenters. The molecule has 1 aromatic carbocycles. The minimum atomic E-state index is -0.0729. The maximum atomic E-state index is 12.2. The maximum absolute atomic E-state index is 12.2. The Morgan fingerprint density at radius 3 is 2.75 bits per heavy atom. The number of anilines is 1. The van der Waals surface area contributed by atoms with E-state index < -0.39 is 0 Å². The third-order valence-corrected chi connectivity index (χ3v) is 4.58. The third kappa shape index (κ3) is 5.49. The highest BCUT2D eigenvalue weighted by molar-refractivity contribution is 5.98. The van der Waals surface area contributed by atoms with Crippen molar-refractivity contribution in [2.24, 2.45) is 11.8 Å². The number of hydrogen-bond acceptors (Lipinski definition) is 3. The summed E-state index contributed by atoms with van der Waals surface area (Å²) < 4.78 is 0. The summed E-state index contributed by atoms with van der Waals surface area (Å²) in [5, 5.41) is 9.25. The Hall–Kier alpha value is -1.59. The second-order valence-corrected chi connectivity index (χ2v) is 6.60. The third-order valence-electron chi connectivity index (χ3n) is 4.58. The number of hydrogen-bond donors (Lipinski definition) is 3. The molecule has 1 atom stereocenters. The maximum Gasteiger partial charge on any atom is 0.251 e. The molecule has 1 aliphatic carbocycles. The minimum Gasteiger partial charge on any atom is -0.352 e. The van der Waals surface area contributed by atoms with E-state index in [2.05, 4.69) is 16.0 Å². The van der Waals surface area contributed by atoms with Gasteiger partial charge in [0.2, 0.25) is 5.91 Å². The molecule has 0 aromatic heterocycles. The van der Waals surface area contributed by atoms with Crippen LogP contribution in [0.2, 0.25) is 0 Å². The number of carbonyl (C=O) groups excluding carboxylic acids is 2. The molecule has 2 fully saturated rings. The van der Waals surface area contributed by atoms with Crippen molar-refractivity contribution in [3.8, 4) is 0 Å². The molecule has 1 saturated carbocycles. The molecule has 1 saturated heterocycles. The van der Waals surface area contributed by atoms with Crippen LogP contribution in [0.3, 0.4) is 0 Å². The first-order valence-corrected chi connectivity index (χ1v) is 8.62. The molecule has 2 amide bonds. The van der Waals surface area contributed by atoms with E-state index in [1.54, 1.807) is 12.1 Å². The zero-order chi connectivity index (χ0) is 16.1. The predicted molar refractivity (Wildman–Crippen MR) is 97.6 cm³/mol. The summed E-state index contributed by atoms with van der Waals surface area (Å²) in [6.07, 6.45) is 5.42. The van der Waals surface area contributed by atoms with Crippen LogP contribution in [0, 0.1) is 11.8 Å². The van der Waals surface area contributed by atoms with E-state index in [1.807, 2.05) is 12.1 Å². The second-order valence-electron chi connectivity index (χ2n) is 6.60. The van der Waals surface area contributed by atoms with Crippen molar-refractivity contribution in [2.45, 2.75) is 32.1 Å². The Kier molecular flexibility index (Phi) is 7.06. The number of carbonyl (C=O) groups is 2. The van der Waals surface area contributed by atoms with E-state index >= 15 is 0 Å². The topological polar surface area (TPSA) is 70.2 Å². The number of halogens is 1. The largest absolute Gasteiger partial charge is 0.352 e. The van der Waals surface area contributed by atoms with E-state index in [0.717, 1.165) is 32.4 Å². The molecule has 6 heteroatoms. The van der Waals surface area contributed by atoms with Gasteiger partial charge in [-0.2, -0.15) is 0 Å². The molecule has 0 bridgehead atoms. The summed E-state index contributed by atoms with van der Waals surface area (Å²) in [7, 11) is 0. The smallest absolute Gasteiger partial charge is 0.251 e. The number of piperidine rings is 1. The predicted octanol–water partition coefficient (Wildman–Crippen LogP) is 2.58. The normalized spacial score (nSPS) is 19.9. The summed E-state index contributed by atoms with van der Waals surface area (Å²) in [6, 6.07) is 7.16. The lowest BCUT2D eigenvalue weighted by Crippen LogP contribution is -2.33. The highest BCUT2D eigenvalue weighted by Gasteiger charge is 2.29. The van der Waals surface area contributed by atoms with Crippen LogP contribution in [0.1, 0.15) is 42.5 Å². The van der Waals surface area contributed by atoms with Crippen LogP contribution in [0.25, 0.3) is 0 Å². The number of nitrogens with one attached hydrogen (secondary N) is 3. The average molecular weight is 352 g/mol. The van der Waals surface area contributed by atoms with Crippen LogP contribution in [0.15, 0.2) is 24.3 Å². The molecule has 0 spiro atoms. The molecule has 1 aliphatic heterocycles. The molecule has 1 aromatic rings. The van der Waals surface area contributed by atoms with Gasteiger partial charge in [-0.1, -0.05) is 6.07 Å². The van der Waals surface area contributed by atoms with Gasteiger partial charge in [-0.15, -0.1) is 12.4 Å². The standard InChI is InChI=1S/C18H25N3O2.ClH/c22-17(20-10-8-13-3-2-9-19-12-13)15-4-1-5-16(11-15)21-18(23)14-6-7-14;/h1,4-5,11,13-14,19H,2-3,6-10,12H2,(H,20,22)(H,21,23);1H. The lowest BCUT2D eigenvalue weighted by molar-refractivity contribution is -0.117. The van der Waals surface area contributed by atoms with Gasteiger partial charge < -0.3 is 16.0 Å². The van der Waals surface area contributed by atoms with Gasteiger partial charge in [-0.25, -0.2) is 0 Å². The van der Waals surface area contributed by atoms with Gasteiger partial charge in [0.05, 0.1) is 0 Å². The van der Waals surface area contributed by atoms with E-state index in [4.69, 9.17) is 0 Å². The van der Waals surface area contributed by atoms with E-state index in [0.29, 0.717) is 23.7 Å². The first kappa shape index (κ1) is 18.7. The summed E-state index contributed by atoms with van der Waals surface area (Å²) in [5.74, 6) is 0.813. The summed E-state index contributed by atoms with van der Waals surface area (Å²) in [4.78, 5) is 24.0. The summed E-state index contributed by atoms with van der Waals surface area (Å²) in [6.45, 7) is 2.87. The summed E-state index contributed by atoms with van der Waals surface area (Å²) >= 11 is 0. The molecule has 3 N–H and O–H groups in total. The fraction of sp³-hybridized carbons (Fsp3) is 0.556. The Labute approximate surface area is 149 Å². The van der Waals surface area contributed by atoms with Crippen molar-refractivity contribution in [2.75, 3.05) is 25.0 Å². The molecule has 3 rings (SSSR count). The lowest BCUT2D eigenvalue weighted by atomic mass is 9.96. The Morgan fingerprint density at radius 1 is 1.21 bits per heavy atom. The van der Waals surface area contributed by atoms with Crippen LogP contribution in [-0.4, -0.2) is 31.4 Å². The second kappa shape index (κ2) is 9.04. The van der Waals surface area contributed by atoms with Gasteiger partial charge in [-0.05, 0) is 69.3 Å². The monoisotopic (exact) mass is 351 g/mol. The zero-order valence-electron chi connectivity index (χ0n) is 13.8. The quantitative estimate of drug-likeness (QED) is 0.737. The molecule has 0 radical (unpaired) electrons. The first-order chi connectivity index (χ1) is 11.2. The van der Waals surface area contributed by atoms with Crippen LogP contribution in [-0.2, 0) is 4.79 Å². The summed E-state index contributed by atoms with van der Waals surface area (Å²) in [5.41, 5.74) is 1.30. The number of rotatable bonds is 6. The molecule has 24 heavy (non-hydrogen) atoms. The fourth-order valence-electron chi connectivity index (χ4n) is 2.99. The average Bonchev–Trinajstić information content (AvgIpc) is 3.41. The minimum absolute atomic E-state index is 0. The van der Waals surface area contributed by atoms with Crippen LogP contribution >= 0.6 is 12.4 Å². The molecular weight excluding hydrogens is 326 g/mol. The number of amides is 2. The number of benzene rings is 1. The molecule has 2 aliphatic rings. The van der Waals surface area contributed by atoms with Gasteiger partial charge >= 0.3 is 0 Å². The highest BCUT2D eigenvalue weighted by Crippen LogP contribution is 2.30. The van der Waals surface area contributed by atoms with E-state index in [1.165, 1.54) is 12.8 Å². The lowest BCUT2D eigenvalue weighted by Gasteiger charge is -2.22. The van der Waals surface area contributed by atoms with Gasteiger partial charge in [0.1, 0.15) is 0 Å². The van der Waals surface area contributed by atoms with Gasteiger partial charge in [0.25, 0.3) is 5.91 Å². The van der Waals surface area contributed by atoms with Gasteiger partial charge in [-0.3, -0.25) is 9.59 Å². The van der Waals surface area contributed by atoms with Crippen molar-refractivity contribution in [3.63, 3.8) is 0 Å². The van der Waals surface area contributed by atoms with Crippen LogP contribution < -0.4 is 16.0 Å². The molecular formula is C18H26ClN3O2. The molecule has 1 heterocycles. The Bertz CT molecular complexity index is 569. The van der Waals surface area contributed by atoms with Gasteiger partial charge in [0.15, 0.2) is 0 Å². The zero-order valence-corrected chi connectivity index (χ0v) is 14.7.